The third-order valence-corrected chi connectivity index (χ3v) is 6.22. The van der Waals surface area contributed by atoms with Crippen molar-refractivity contribution in [2.24, 2.45) is 0 Å². The molecular weight excluding hydrogens is 620 g/mol. The number of aromatic nitrogens is 2. The van der Waals surface area contributed by atoms with Gasteiger partial charge in [0.05, 0.1) is 11.1 Å². The van der Waals surface area contributed by atoms with Crippen molar-refractivity contribution in [1.29, 1.82) is 0 Å². The van der Waals surface area contributed by atoms with E-state index < -0.39 is 17.5 Å². The number of anilines is 1. The lowest BCUT2D eigenvalue weighted by molar-refractivity contribution is 0.0223. The van der Waals surface area contributed by atoms with E-state index in [1.165, 1.54) is 30.6 Å². The van der Waals surface area contributed by atoms with Crippen LogP contribution in [0.1, 0.15) is 69.7 Å². The zero-order valence-corrected chi connectivity index (χ0v) is 27.3. The maximum Gasteiger partial charge on any atom is 0.410 e. The van der Waals surface area contributed by atoms with E-state index in [4.69, 9.17) is 31.3 Å². The van der Waals surface area contributed by atoms with Crippen molar-refractivity contribution in [3.63, 3.8) is 0 Å². The molecule has 0 atom stereocenters. The van der Waals surface area contributed by atoms with Gasteiger partial charge in [0.1, 0.15) is 22.2 Å². The van der Waals surface area contributed by atoms with E-state index in [9.17, 15) is 19.2 Å². The summed E-state index contributed by atoms with van der Waals surface area (Å²) in [5.41, 5.74) is -0.578. The molecule has 2 saturated heterocycles. The third kappa shape index (κ3) is 14.7. The van der Waals surface area contributed by atoms with Gasteiger partial charge in [0.15, 0.2) is 0 Å². The van der Waals surface area contributed by atoms with E-state index in [-0.39, 0.29) is 36.3 Å². The molecule has 0 aliphatic carbocycles. The number of carboxylic acid groups (broad SMARTS) is 2. The number of carbonyl (C=O) groups excluding carboxylic acids is 2. The smallest absolute Gasteiger partial charge is 0.410 e. The molecule has 0 spiro atoms. The Bertz CT molecular complexity index is 1270. The number of halogens is 1. The van der Waals surface area contributed by atoms with Crippen LogP contribution < -0.4 is 10.2 Å². The first-order valence-electron chi connectivity index (χ1n) is 14.4. The summed E-state index contributed by atoms with van der Waals surface area (Å²) in [6.45, 7) is 16.8. The highest BCUT2D eigenvalue weighted by Gasteiger charge is 2.26. The first-order valence-corrected chi connectivity index (χ1v) is 14.8. The minimum atomic E-state index is -0.996. The van der Waals surface area contributed by atoms with Crippen molar-refractivity contribution in [1.82, 2.24) is 25.1 Å². The highest BCUT2D eigenvalue weighted by Crippen LogP contribution is 2.16. The molecule has 2 aliphatic heterocycles. The van der Waals surface area contributed by atoms with Crippen LogP contribution in [0.25, 0.3) is 0 Å². The quantitative estimate of drug-likeness (QED) is 0.385. The van der Waals surface area contributed by atoms with Gasteiger partial charge in [-0.1, -0.05) is 19.0 Å². The Balaban J connectivity index is 0.000000375. The molecule has 2 aromatic rings. The van der Waals surface area contributed by atoms with Gasteiger partial charge < -0.3 is 39.7 Å². The normalized spacial score (nSPS) is 14.7. The predicted molar refractivity (Wildman–Crippen MR) is 175 cm³/mol. The second-order valence-corrected chi connectivity index (χ2v) is 12.4. The molecule has 0 radical (unpaired) electrons. The maximum absolute atomic E-state index is 12.0. The van der Waals surface area contributed by atoms with Crippen molar-refractivity contribution >= 4 is 41.5 Å². The Morgan fingerprint density at radius 1 is 0.717 bits per heavy atom. The van der Waals surface area contributed by atoms with Crippen LogP contribution in [-0.4, -0.2) is 118 Å². The summed E-state index contributed by atoms with van der Waals surface area (Å²) in [7, 11) is 0. The number of nitrogens with one attached hydrogen (secondary N) is 1. The number of pyridine rings is 2. The number of aromatic carboxylic acids is 2. The number of hydrogen-bond donors (Lipinski definition) is 3. The van der Waals surface area contributed by atoms with Crippen LogP contribution >= 0.6 is 11.6 Å². The van der Waals surface area contributed by atoms with Gasteiger partial charge in [-0.15, -0.1) is 0 Å². The minimum absolute atomic E-state index is 0. The van der Waals surface area contributed by atoms with Crippen LogP contribution in [0.15, 0.2) is 36.7 Å². The van der Waals surface area contributed by atoms with Gasteiger partial charge in [0.2, 0.25) is 0 Å². The molecule has 14 nitrogen and oxygen atoms in total. The Hall–Kier alpha value is -4.17. The van der Waals surface area contributed by atoms with Crippen LogP contribution in [0.5, 0.6) is 0 Å². The molecule has 256 valence electrons. The topological polar surface area (TPSA) is 175 Å². The van der Waals surface area contributed by atoms with Crippen molar-refractivity contribution in [3.8, 4) is 0 Å². The number of hydrogen-bond acceptors (Lipinski definition) is 10. The van der Waals surface area contributed by atoms with E-state index >= 15 is 0 Å². The second-order valence-electron chi connectivity index (χ2n) is 12.1. The molecule has 2 aromatic heterocycles. The van der Waals surface area contributed by atoms with E-state index in [2.05, 4.69) is 15.3 Å². The monoisotopic (exact) mass is 666 g/mol. The summed E-state index contributed by atoms with van der Waals surface area (Å²) in [5, 5.41) is 20.7. The molecule has 0 aromatic carbocycles. The number of carboxylic acids is 2. The summed E-state index contributed by atoms with van der Waals surface area (Å²) >= 11 is 5.41. The lowest BCUT2D eigenvalue weighted by Gasteiger charge is -2.36. The predicted octanol–water partition coefficient (Wildman–Crippen LogP) is 4.73. The highest BCUT2D eigenvalue weighted by atomic mass is 35.5. The van der Waals surface area contributed by atoms with Crippen LogP contribution in [0, 0.1) is 0 Å². The maximum atomic E-state index is 12.0. The first kappa shape index (κ1) is 39.9. The fraction of sp³-hybridized carbons (Fsp3) is 0.548. The third-order valence-electron chi connectivity index (χ3n) is 5.99. The van der Waals surface area contributed by atoms with Crippen LogP contribution in [-0.2, 0) is 9.47 Å². The number of ether oxygens (including phenoxy) is 2. The second kappa shape index (κ2) is 18.1. The average Bonchev–Trinajstić information content (AvgIpc) is 2.97. The SMILES string of the molecule is C.CC(C)(C)OC(=O)N1CCN(c2ccc(C(=O)O)cn2)CC1.CC(C)(C)OC(=O)N1CCNCC1.O=C(O)c1ccc(Cl)nc1. The number of rotatable bonds is 3. The van der Waals surface area contributed by atoms with Gasteiger partial charge in [-0.05, 0) is 65.8 Å². The Morgan fingerprint density at radius 3 is 1.52 bits per heavy atom. The molecule has 2 aliphatic rings. The van der Waals surface area contributed by atoms with E-state index in [1.807, 2.05) is 46.4 Å². The molecule has 4 heterocycles. The van der Waals surface area contributed by atoms with Gasteiger partial charge in [0, 0.05) is 64.8 Å². The van der Waals surface area contributed by atoms with Crippen molar-refractivity contribution < 1.29 is 38.9 Å². The fourth-order valence-corrected chi connectivity index (χ4v) is 3.93. The lowest BCUT2D eigenvalue weighted by atomic mass is 10.2. The molecule has 2 amide bonds. The van der Waals surface area contributed by atoms with E-state index in [0.717, 1.165) is 26.2 Å². The molecule has 0 unspecified atom stereocenters. The average molecular weight is 667 g/mol. The summed E-state index contributed by atoms with van der Waals surface area (Å²) in [6.07, 6.45) is 2.05. The Labute approximate surface area is 275 Å². The minimum Gasteiger partial charge on any atom is -0.478 e. The zero-order valence-electron chi connectivity index (χ0n) is 26.6. The number of amides is 2. The number of nitrogens with zero attached hydrogens (tertiary/aromatic N) is 5. The number of piperazine rings is 2. The first-order chi connectivity index (χ1) is 20.9. The van der Waals surface area contributed by atoms with Gasteiger partial charge in [0.25, 0.3) is 0 Å². The Morgan fingerprint density at radius 2 is 1.15 bits per heavy atom. The molecular formula is C31H47ClN6O8. The Kier molecular flexibility index (Phi) is 15.7. The molecule has 0 bridgehead atoms. The summed E-state index contributed by atoms with van der Waals surface area (Å²) in [6, 6.07) is 6.06. The van der Waals surface area contributed by atoms with Crippen molar-refractivity contribution in [3.05, 3.63) is 52.9 Å². The van der Waals surface area contributed by atoms with E-state index in [0.29, 0.717) is 37.1 Å². The molecule has 4 rings (SSSR count). The lowest BCUT2D eigenvalue weighted by Crippen LogP contribution is -2.50. The molecule has 3 N–H and O–H groups in total. The van der Waals surface area contributed by atoms with Gasteiger partial charge in [-0.3, -0.25) is 0 Å². The van der Waals surface area contributed by atoms with Crippen LogP contribution in [0.2, 0.25) is 5.15 Å². The van der Waals surface area contributed by atoms with Crippen molar-refractivity contribution in [2.75, 3.05) is 57.3 Å². The van der Waals surface area contributed by atoms with E-state index in [1.54, 1.807) is 15.9 Å². The van der Waals surface area contributed by atoms with Crippen LogP contribution in [0.3, 0.4) is 0 Å². The molecule has 0 saturated carbocycles. The largest absolute Gasteiger partial charge is 0.478 e. The zero-order chi connectivity index (χ0) is 33.8. The standard InChI is InChI=1S/C15H21N3O4.C9H18N2O2.C6H4ClNO2.CH4/c1-15(2,3)22-14(21)18-8-6-17(7-9-18)12-5-4-11(10-16-12)13(19)20;1-9(2,3)13-8(12)11-6-4-10-5-7-11;7-5-2-1-4(3-8-5)6(9)10;/h4-5,10H,6-9H2,1-3H3,(H,19,20);10H,4-7H2,1-3H3;1-3H,(H,9,10);1H4. The highest BCUT2D eigenvalue weighted by molar-refractivity contribution is 6.29. The summed E-state index contributed by atoms with van der Waals surface area (Å²) < 4.78 is 10.6. The van der Waals surface area contributed by atoms with Gasteiger partial charge in [-0.25, -0.2) is 29.1 Å². The fourth-order valence-electron chi connectivity index (χ4n) is 3.82. The van der Waals surface area contributed by atoms with Crippen molar-refractivity contribution in [2.45, 2.75) is 60.2 Å². The molecule has 15 heteroatoms. The molecule has 2 fully saturated rings. The summed E-state index contributed by atoms with van der Waals surface area (Å²) in [5.74, 6) is -1.27. The number of carbonyl (C=O) groups is 4. The summed E-state index contributed by atoms with van der Waals surface area (Å²) in [4.78, 5) is 57.7. The van der Waals surface area contributed by atoms with Gasteiger partial charge >= 0.3 is 24.1 Å². The van der Waals surface area contributed by atoms with Gasteiger partial charge in [-0.2, -0.15) is 0 Å². The molecule has 46 heavy (non-hydrogen) atoms. The van der Waals surface area contributed by atoms with Crippen LogP contribution in [0.4, 0.5) is 15.4 Å².